The molecule has 0 aliphatic heterocycles. The summed E-state index contributed by atoms with van der Waals surface area (Å²) < 4.78 is 0. The molecule has 0 saturated heterocycles. The molecule has 0 aromatic heterocycles. The molecule has 0 aromatic rings. The number of halogens is 4. The lowest BCUT2D eigenvalue weighted by molar-refractivity contribution is 0.612. The van der Waals surface area contributed by atoms with E-state index in [0.717, 1.165) is 25.7 Å². The monoisotopic (exact) mass is 282 g/mol. The number of hydrogen-bond acceptors (Lipinski definition) is 2. The van der Waals surface area contributed by atoms with Gasteiger partial charge in [0.05, 0.1) is 16.3 Å². The summed E-state index contributed by atoms with van der Waals surface area (Å²) in [6.07, 6.45) is 3.96. The van der Waals surface area contributed by atoms with Gasteiger partial charge in [0.25, 0.3) is 0 Å². The maximum atomic E-state index is 5.98. The van der Waals surface area contributed by atoms with Crippen LogP contribution in [0.1, 0.15) is 25.7 Å². The molecule has 0 aliphatic carbocycles. The summed E-state index contributed by atoms with van der Waals surface area (Å²) in [6, 6.07) is 0. The SMILES string of the molecule is N.NC(Cl)C(Cl)C(Cl)CCCCCCl. The third-order valence-electron chi connectivity index (χ3n) is 1.76. The summed E-state index contributed by atoms with van der Waals surface area (Å²) in [5.74, 6) is 0.701. The third-order valence-corrected chi connectivity index (χ3v) is 3.63. The van der Waals surface area contributed by atoms with Gasteiger partial charge in [0.1, 0.15) is 0 Å². The number of nitrogens with two attached hydrogens (primary N) is 1. The lowest BCUT2D eigenvalue weighted by atomic mass is 10.1. The van der Waals surface area contributed by atoms with Crippen molar-refractivity contribution in [2.45, 2.75) is 41.9 Å². The highest BCUT2D eigenvalue weighted by atomic mass is 35.5. The topological polar surface area (TPSA) is 61.0 Å². The van der Waals surface area contributed by atoms with Gasteiger partial charge in [-0.2, -0.15) is 0 Å². The van der Waals surface area contributed by atoms with Gasteiger partial charge in [-0.1, -0.05) is 12.8 Å². The van der Waals surface area contributed by atoms with Crippen LogP contribution in [0.25, 0.3) is 0 Å². The molecule has 0 aromatic carbocycles. The van der Waals surface area contributed by atoms with Gasteiger partial charge in [0, 0.05) is 5.88 Å². The summed E-state index contributed by atoms with van der Waals surface area (Å²) in [7, 11) is 0. The molecule has 6 heteroatoms. The van der Waals surface area contributed by atoms with Crippen LogP contribution in [0.3, 0.4) is 0 Å². The Balaban J connectivity index is 0. The number of unbranched alkanes of at least 4 members (excludes halogenated alkanes) is 2. The Morgan fingerprint density at radius 1 is 1.00 bits per heavy atom. The van der Waals surface area contributed by atoms with E-state index in [4.69, 9.17) is 52.1 Å². The fourth-order valence-corrected chi connectivity index (χ4v) is 1.85. The largest absolute Gasteiger partial charge is 0.344 e. The van der Waals surface area contributed by atoms with Crippen molar-refractivity contribution in [1.29, 1.82) is 0 Å². The Hall–Kier alpha value is 1.08. The van der Waals surface area contributed by atoms with Crippen molar-refractivity contribution in [2.24, 2.45) is 5.73 Å². The fourth-order valence-electron chi connectivity index (χ4n) is 0.969. The van der Waals surface area contributed by atoms with Crippen molar-refractivity contribution in [3.63, 3.8) is 0 Å². The maximum Gasteiger partial charge on any atom is 0.0980 e. The van der Waals surface area contributed by atoms with E-state index in [9.17, 15) is 0 Å². The second-order valence-electron chi connectivity index (χ2n) is 2.94. The van der Waals surface area contributed by atoms with Gasteiger partial charge < -0.3 is 11.9 Å². The van der Waals surface area contributed by atoms with E-state index in [1.54, 1.807) is 0 Å². The van der Waals surface area contributed by atoms with Gasteiger partial charge in [-0.25, -0.2) is 0 Å². The van der Waals surface area contributed by atoms with Crippen molar-refractivity contribution in [2.75, 3.05) is 5.88 Å². The minimum absolute atomic E-state index is 0. The van der Waals surface area contributed by atoms with Crippen LogP contribution in [0.5, 0.6) is 0 Å². The second kappa shape index (κ2) is 10.6. The summed E-state index contributed by atoms with van der Waals surface area (Å²) >= 11 is 23.0. The molecule has 0 bridgehead atoms. The van der Waals surface area contributed by atoms with Crippen molar-refractivity contribution >= 4 is 46.4 Å². The molecule has 0 saturated carbocycles. The predicted octanol–water partition coefficient (Wildman–Crippen LogP) is 3.69. The first-order valence-corrected chi connectivity index (χ1v) is 6.17. The highest BCUT2D eigenvalue weighted by Gasteiger charge is 2.21. The molecule has 2 nitrogen and oxygen atoms in total. The highest BCUT2D eigenvalue weighted by Crippen LogP contribution is 2.20. The maximum absolute atomic E-state index is 5.98. The average Bonchev–Trinajstić information content (AvgIpc) is 2.10. The molecule has 14 heavy (non-hydrogen) atoms. The molecular weight excluding hydrogens is 266 g/mol. The van der Waals surface area contributed by atoms with E-state index in [0.29, 0.717) is 5.88 Å². The number of hydrogen-bond donors (Lipinski definition) is 2. The van der Waals surface area contributed by atoms with Gasteiger partial charge in [-0.05, 0) is 12.8 Å². The van der Waals surface area contributed by atoms with E-state index in [1.165, 1.54) is 0 Å². The van der Waals surface area contributed by atoms with Crippen LogP contribution in [-0.2, 0) is 0 Å². The third kappa shape index (κ3) is 8.39. The smallest absolute Gasteiger partial charge is 0.0980 e. The first-order valence-electron chi connectivity index (χ1n) is 4.33. The summed E-state index contributed by atoms with van der Waals surface area (Å²) in [5.41, 5.74) is 4.82. The number of alkyl halides is 4. The van der Waals surface area contributed by atoms with E-state index < -0.39 is 5.50 Å². The van der Waals surface area contributed by atoms with Crippen molar-refractivity contribution in [1.82, 2.24) is 6.15 Å². The molecule has 0 fully saturated rings. The van der Waals surface area contributed by atoms with Gasteiger partial charge in [0.15, 0.2) is 0 Å². The van der Waals surface area contributed by atoms with Crippen LogP contribution in [0.2, 0.25) is 0 Å². The molecule has 0 heterocycles. The molecule has 0 spiro atoms. The van der Waals surface area contributed by atoms with Crippen LogP contribution >= 0.6 is 46.4 Å². The van der Waals surface area contributed by atoms with Crippen LogP contribution in [0.15, 0.2) is 0 Å². The first kappa shape index (κ1) is 17.5. The minimum Gasteiger partial charge on any atom is -0.344 e. The Bertz CT molecular complexity index is 124. The Labute approximate surface area is 106 Å². The van der Waals surface area contributed by atoms with Gasteiger partial charge in [-0.15, -0.1) is 46.4 Å². The Kier molecular flexibility index (Phi) is 13.2. The fraction of sp³-hybridized carbons (Fsp3) is 1.00. The van der Waals surface area contributed by atoms with Gasteiger partial charge >= 0.3 is 0 Å². The van der Waals surface area contributed by atoms with Crippen LogP contribution in [0, 0.1) is 0 Å². The molecule has 0 aliphatic rings. The molecule has 5 N–H and O–H groups in total. The van der Waals surface area contributed by atoms with Crippen LogP contribution in [0.4, 0.5) is 0 Å². The molecule has 88 valence electrons. The predicted molar refractivity (Wildman–Crippen MR) is 67.3 cm³/mol. The lowest BCUT2D eigenvalue weighted by Gasteiger charge is -2.17. The summed E-state index contributed by atoms with van der Waals surface area (Å²) in [4.78, 5) is 0. The lowest BCUT2D eigenvalue weighted by Crippen LogP contribution is -2.32. The van der Waals surface area contributed by atoms with Gasteiger partial charge in [-0.3, -0.25) is 0 Å². The molecule has 0 rings (SSSR count). The second-order valence-corrected chi connectivity index (χ2v) is 4.89. The normalized spacial score (nSPS) is 16.9. The first-order chi connectivity index (χ1) is 6.09. The van der Waals surface area contributed by atoms with E-state index in [2.05, 4.69) is 0 Å². The zero-order chi connectivity index (χ0) is 10.3. The highest BCUT2D eigenvalue weighted by molar-refractivity contribution is 6.34. The average molecular weight is 284 g/mol. The zero-order valence-electron chi connectivity index (χ0n) is 8.06. The Morgan fingerprint density at radius 2 is 1.57 bits per heavy atom. The van der Waals surface area contributed by atoms with Crippen molar-refractivity contribution in [3.8, 4) is 0 Å². The number of rotatable bonds is 7. The van der Waals surface area contributed by atoms with Gasteiger partial charge in [0.2, 0.25) is 0 Å². The van der Waals surface area contributed by atoms with Crippen LogP contribution < -0.4 is 11.9 Å². The minimum atomic E-state index is -0.572. The zero-order valence-corrected chi connectivity index (χ0v) is 11.1. The van der Waals surface area contributed by atoms with E-state index in [1.807, 2.05) is 0 Å². The van der Waals surface area contributed by atoms with Crippen LogP contribution in [-0.4, -0.2) is 22.1 Å². The molecule has 0 radical (unpaired) electrons. The molecule has 3 unspecified atom stereocenters. The molecule has 0 amide bonds. The summed E-state index contributed by atoms with van der Waals surface area (Å²) in [5, 5.41) is -0.510. The molecule has 3 atom stereocenters. The quantitative estimate of drug-likeness (QED) is 0.425. The Morgan fingerprint density at radius 3 is 2.00 bits per heavy atom. The molecular formula is C8H18Cl4N2. The summed E-state index contributed by atoms with van der Waals surface area (Å²) in [6.45, 7) is 0. The standard InChI is InChI=1S/C8H15Cl4N.H3N/c9-5-3-1-2-4-6(10)7(11)8(12)13;/h6-8H,1-5,13H2;1H3. The van der Waals surface area contributed by atoms with Crippen molar-refractivity contribution < 1.29 is 0 Å². The van der Waals surface area contributed by atoms with Crippen molar-refractivity contribution in [3.05, 3.63) is 0 Å². The van der Waals surface area contributed by atoms with E-state index in [-0.39, 0.29) is 16.9 Å². The van der Waals surface area contributed by atoms with E-state index >= 15 is 0 Å².